The molecule has 0 aliphatic rings. The maximum atomic E-state index is 12.2. The number of nitrogens with one attached hydrogen (secondary N) is 3. The van der Waals surface area contributed by atoms with Crippen molar-refractivity contribution in [2.75, 3.05) is 27.7 Å². The normalized spacial score (nSPS) is 12.6. The van der Waals surface area contributed by atoms with Gasteiger partial charge in [0.15, 0.2) is 5.96 Å². The second-order valence-corrected chi connectivity index (χ2v) is 10.0. The zero-order chi connectivity index (χ0) is 20.1. The smallest absolute Gasteiger partial charge is 0.252 e. The van der Waals surface area contributed by atoms with Crippen molar-refractivity contribution in [1.82, 2.24) is 19.9 Å². The fraction of sp³-hybridized carbons (Fsp3) is 0.316. The van der Waals surface area contributed by atoms with Crippen LogP contribution < -0.4 is 10.6 Å². The van der Waals surface area contributed by atoms with Crippen molar-refractivity contribution in [2.24, 2.45) is 4.99 Å². The average Bonchev–Trinajstić information content (AvgIpc) is 3.32. The Kier molecular flexibility index (Phi) is 6.38. The van der Waals surface area contributed by atoms with Crippen molar-refractivity contribution in [3.05, 3.63) is 53.0 Å². The number of aromatic amines is 1. The van der Waals surface area contributed by atoms with Crippen LogP contribution in [0.4, 0.5) is 0 Å². The third-order valence-electron chi connectivity index (χ3n) is 4.39. The van der Waals surface area contributed by atoms with Crippen LogP contribution in [0.2, 0.25) is 0 Å². The Morgan fingerprint density at radius 1 is 1.18 bits per heavy atom. The van der Waals surface area contributed by atoms with Crippen molar-refractivity contribution in [3.8, 4) is 0 Å². The number of hydrogen-bond donors (Lipinski definition) is 3. The van der Waals surface area contributed by atoms with Crippen LogP contribution in [0.1, 0.15) is 10.4 Å². The van der Waals surface area contributed by atoms with Crippen LogP contribution in [0, 0.1) is 0 Å². The number of para-hydroxylation sites is 1. The minimum atomic E-state index is -3.38. The molecule has 2 aromatic heterocycles. The third-order valence-corrected chi connectivity index (χ3v) is 7.76. The number of hydrogen-bond acceptors (Lipinski definition) is 4. The Morgan fingerprint density at radius 2 is 1.96 bits per heavy atom. The Morgan fingerprint density at radius 3 is 2.71 bits per heavy atom. The fourth-order valence-electron chi connectivity index (χ4n) is 2.82. The van der Waals surface area contributed by atoms with Gasteiger partial charge in [0.2, 0.25) is 0 Å². The zero-order valence-electron chi connectivity index (χ0n) is 16.2. The number of aromatic nitrogens is 1. The van der Waals surface area contributed by atoms with Gasteiger partial charge < -0.3 is 15.6 Å². The Balaban J connectivity index is 1.52. The summed E-state index contributed by atoms with van der Waals surface area (Å²) in [4.78, 5) is 8.45. The molecular weight excluding hydrogens is 394 g/mol. The summed E-state index contributed by atoms with van der Waals surface area (Å²) in [6.45, 7) is 1.26. The van der Waals surface area contributed by atoms with E-state index >= 15 is 0 Å². The topological polar surface area (TPSA) is 89.6 Å². The van der Waals surface area contributed by atoms with Crippen LogP contribution in [-0.2, 0) is 23.0 Å². The second kappa shape index (κ2) is 8.76. The molecule has 0 unspecified atom stereocenters. The highest BCUT2D eigenvalue weighted by molar-refractivity contribution is 7.91. The number of nitrogens with zero attached hydrogens (tertiary/aromatic N) is 2. The molecule has 2 heterocycles. The van der Waals surface area contributed by atoms with E-state index in [0.717, 1.165) is 23.4 Å². The lowest BCUT2D eigenvalue weighted by Crippen LogP contribution is -2.37. The van der Waals surface area contributed by atoms with Crippen LogP contribution in [0.5, 0.6) is 0 Å². The predicted octanol–water partition coefficient (Wildman–Crippen LogP) is 2.39. The molecule has 0 aliphatic heterocycles. The molecule has 0 fully saturated rings. The van der Waals surface area contributed by atoms with Crippen LogP contribution >= 0.6 is 11.3 Å². The van der Waals surface area contributed by atoms with E-state index in [1.54, 1.807) is 13.1 Å². The van der Waals surface area contributed by atoms with Gasteiger partial charge in [0, 0.05) is 49.7 Å². The van der Waals surface area contributed by atoms with Crippen molar-refractivity contribution in [2.45, 2.75) is 17.2 Å². The maximum absolute atomic E-state index is 12.2. The summed E-state index contributed by atoms with van der Waals surface area (Å²) in [7, 11) is 1.41. The molecule has 3 aromatic rings. The summed E-state index contributed by atoms with van der Waals surface area (Å²) in [5, 5.41) is 7.77. The molecule has 150 valence electrons. The number of rotatable bonds is 7. The molecule has 0 bridgehead atoms. The number of H-pyrrole nitrogens is 1. The van der Waals surface area contributed by atoms with Gasteiger partial charge in [-0.05, 0) is 30.2 Å². The lowest BCUT2D eigenvalue weighted by atomic mass is 10.1. The van der Waals surface area contributed by atoms with Gasteiger partial charge in [-0.25, -0.2) is 12.7 Å². The van der Waals surface area contributed by atoms with Gasteiger partial charge >= 0.3 is 0 Å². The largest absolute Gasteiger partial charge is 0.361 e. The first-order chi connectivity index (χ1) is 13.4. The molecule has 0 atom stereocenters. The van der Waals surface area contributed by atoms with Gasteiger partial charge in [-0.1, -0.05) is 18.2 Å². The van der Waals surface area contributed by atoms with Crippen molar-refractivity contribution in [3.63, 3.8) is 0 Å². The van der Waals surface area contributed by atoms with E-state index in [0.29, 0.717) is 16.7 Å². The molecule has 3 rings (SSSR count). The molecule has 9 heteroatoms. The molecule has 3 N–H and O–H groups in total. The Hall–Kier alpha value is -2.36. The molecule has 7 nitrogen and oxygen atoms in total. The first-order valence-corrected chi connectivity index (χ1v) is 11.2. The molecule has 0 spiro atoms. The quantitative estimate of drug-likeness (QED) is 0.405. The first kappa shape index (κ1) is 20.4. The standard InChI is InChI=1S/C19H25N5O2S2/c1-20-19(21-11-10-14-12-22-17-7-5-4-6-16(14)17)23-13-15-8-9-18(27-15)28(25,26)24(2)3/h4-9,12,22H,10-11,13H2,1-3H3,(H2,20,21,23). The number of guanidine groups is 1. The van der Waals surface area contributed by atoms with Gasteiger partial charge in [0.05, 0.1) is 6.54 Å². The van der Waals surface area contributed by atoms with E-state index in [1.165, 1.54) is 40.7 Å². The number of thiophene rings is 1. The number of benzene rings is 1. The van der Waals surface area contributed by atoms with E-state index < -0.39 is 10.0 Å². The first-order valence-electron chi connectivity index (χ1n) is 8.92. The van der Waals surface area contributed by atoms with Crippen LogP contribution in [0.15, 0.2) is 51.8 Å². The summed E-state index contributed by atoms with van der Waals surface area (Å²) in [5.74, 6) is 0.685. The molecule has 0 amide bonds. The van der Waals surface area contributed by atoms with Gasteiger partial charge in [0.25, 0.3) is 10.0 Å². The Bertz CT molecular complexity index is 1070. The van der Waals surface area contributed by atoms with Gasteiger partial charge in [0.1, 0.15) is 4.21 Å². The zero-order valence-corrected chi connectivity index (χ0v) is 17.8. The lowest BCUT2D eigenvalue weighted by molar-refractivity contribution is 0.523. The summed E-state index contributed by atoms with van der Waals surface area (Å²) >= 11 is 1.26. The van der Waals surface area contributed by atoms with Crippen molar-refractivity contribution >= 4 is 38.2 Å². The van der Waals surface area contributed by atoms with Crippen LogP contribution in [0.3, 0.4) is 0 Å². The van der Waals surface area contributed by atoms with Crippen molar-refractivity contribution in [1.29, 1.82) is 0 Å². The van der Waals surface area contributed by atoms with Crippen LogP contribution in [-0.4, -0.2) is 51.4 Å². The highest BCUT2D eigenvalue weighted by Gasteiger charge is 2.19. The maximum Gasteiger partial charge on any atom is 0.252 e. The fourth-order valence-corrected chi connectivity index (χ4v) is 5.28. The molecule has 28 heavy (non-hydrogen) atoms. The molecule has 0 saturated heterocycles. The number of fused-ring (bicyclic) bond motifs is 1. The van der Waals surface area contributed by atoms with Gasteiger partial charge in [-0.3, -0.25) is 4.99 Å². The minimum absolute atomic E-state index is 0.344. The second-order valence-electron chi connectivity index (χ2n) is 6.47. The predicted molar refractivity (Wildman–Crippen MR) is 115 cm³/mol. The van der Waals surface area contributed by atoms with E-state index in [-0.39, 0.29) is 0 Å². The lowest BCUT2D eigenvalue weighted by Gasteiger charge is -2.11. The third kappa shape index (κ3) is 4.54. The number of sulfonamides is 1. The molecule has 1 aromatic carbocycles. The minimum Gasteiger partial charge on any atom is -0.361 e. The van der Waals surface area contributed by atoms with E-state index in [1.807, 2.05) is 24.4 Å². The SMILES string of the molecule is CN=C(NCCc1c[nH]c2ccccc12)NCc1ccc(S(=O)(=O)N(C)C)s1. The van der Waals surface area contributed by atoms with E-state index in [4.69, 9.17) is 0 Å². The molecule has 0 radical (unpaired) electrons. The number of aliphatic imine (C=N–C) groups is 1. The Labute approximate surface area is 169 Å². The van der Waals surface area contributed by atoms with Gasteiger partial charge in [-0.2, -0.15) is 0 Å². The van der Waals surface area contributed by atoms with E-state index in [2.05, 4.69) is 32.7 Å². The van der Waals surface area contributed by atoms with E-state index in [9.17, 15) is 8.42 Å². The monoisotopic (exact) mass is 419 g/mol. The van der Waals surface area contributed by atoms with Crippen molar-refractivity contribution < 1.29 is 8.42 Å². The molecular formula is C19H25N5O2S2. The molecule has 0 aliphatic carbocycles. The summed E-state index contributed by atoms with van der Waals surface area (Å²) < 4.78 is 25.9. The van der Waals surface area contributed by atoms with Gasteiger partial charge in [-0.15, -0.1) is 11.3 Å². The highest BCUT2D eigenvalue weighted by atomic mass is 32.2. The molecule has 0 saturated carbocycles. The summed E-state index contributed by atoms with van der Waals surface area (Å²) in [6, 6.07) is 11.7. The summed E-state index contributed by atoms with van der Waals surface area (Å²) in [5.41, 5.74) is 2.40. The highest BCUT2D eigenvalue weighted by Crippen LogP contribution is 2.23. The van der Waals surface area contributed by atoms with Crippen LogP contribution in [0.25, 0.3) is 10.9 Å². The summed E-state index contributed by atoms with van der Waals surface area (Å²) in [6.07, 6.45) is 2.91. The average molecular weight is 420 g/mol.